The van der Waals surface area contributed by atoms with Gasteiger partial charge < -0.3 is 20.5 Å². The van der Waals surface area contributed by atoms with E-state index in [-0.39, 0.29) is 12.5 Å². The standard InChI is InChI=1S/C12H22N2O4/c1-13-9-4-6-10(7-5-9)18-12(17)14-8-2-3-11(15)16/h9-10,13H,2-8H2,1H3,(H,14,17)(H,15,16). The molecular formula is C12H22N2O4. The molecule has 0 saturated heterocycles. The minimum absolute atomic E-state index is 0.00549. The molecule has 0 aromatic carbocycles. The van der Waals surface area contributed by atoms with Crippen molar-refractivity contribution < 1.29 is 19.4 Å². The van der Waals surface area contributed by atoms with Gasteiger partial charge in [0, 0.05) is 19.0 Å². The SMILES string of the molecule is CNC1CCC(OC(=O)NCCCC(=O)O)CC1. The molecule has 0 heterocycles. The molecule has 0 atom stereocenters. The first-order valence-electron chi connectivity index (χ1n) is 6.45. The second-order valence-corrected chi connectivity index (χ2v) is 4.59. The highest BCUT2D eigenvalue weighted by Gasteiger charge is 2.22. The molecule has 1 saturated carbocycles. The molecule has 6 heteroatoms. The van der Waals surface area contributed by atoms with Gasteiger partial charge in [-0.2, -0.15) is 0 Å². The van der Waals surface area contributed by atoms with Crippen LogP contribution in [0.2, 0.25) is 0 Å². The average molecular weight is 258 g/mol. The Bertz CT molecular complexity index is 275. The number of carboxylic acid groups (broad SMARTS) is 1. The first kappa shape index (κ1) is 14.8. The number of carbonyl (C=O) groups is 2. The number of rotatable bonds is 6. The Hall–Kier alpha value is -1.30. The second kappa shape index (κ2) is 7.92. The van der Waals surface area contributed by atoms with E-state index in [1.165, 1.54) is 0 Å². The van der Waals surface area contributed by atoms with Crippen LogP contribution in [-0.4, -0.2) is 42.9 Å². The smallest absolute Gasteiger partial charge is 0.407 e. The quantitative estimate of drug-likeness (QED) is 0.621. The zero-order valence-electron chi connectivity index (χ0n) is 10.8. The third kappa shape index (κ3) is 5.86. The number of carbonyl (C=O) groups excluding carboxylic acids is 1. The van der Waals surface area contributed by atoms with Crippen LogP contribution in [0.4, 0.5) is 4.79 Å². The predicted octanol–water partition coefficient (Wildman–Crippen LogP) is 1.11. The zero-order chi connectivity index (χ0) is 13.4. The minimum Gasteiger partial charge on any atom is -0.481 e. The third-order valence-corrected chi connectivity index (χ3v) is 3.19. The Morgan fingerprint density at radius 1 is 1.28 bits per heavy atom. The van der Waals surface area contributed by atoms with Crippen molar-refractivity contribution in [1.29, 1.82) is 0 Å². The van der Waals surface area contributed by atoms with E-state index in [4.69, 9.17) is 9.84 Å². The van der Waals surface area contributed by atoms with Gasteiger partial charge in [-0.25, -0.2) is 4.79 Å². The summed E-state index contributed by atoms with van der Waals surface area (Å²) in [6, 6.07) is 0.531. The Balaban J connectivity index is 2.08. The van der Waals surface area contributed by atoms with E-state index in [1.807, 2.05) is 7.05 Å². The number of aliphatic carboxylic acids is 1. The first-order chi connectivity index (χ1) is 8.61. The van der Waals surface area contributed by atoms with Crippen molar-refractivity contribution in [2.75, 3.05) is 13.6 Å². The normalized spacial score (nSPS) is 23.4. The molecule has 1 aliphatic rings. The summed E-state index contributed by atoms with van der Waals surface area (Å²) >= 11 is 0. The number of hydrogen-bond donors (Lipinski definition) is 3. The molecule has 0 aromatic heterocycles. The average Bonchev–Trinajstić information content (AvgIpc) is 2.35. The Kier molecular flexibility index (Phi) is 6.49. The van der Waals surface area contributed by atoms with Gasteiger partial charge in [-0.15, -0.1) is 0 Å². The van der Waals surface area contributed by atoms with Crippen LogP contribution in [0.25, 0.3) is 0 Å². The highest BCUT2D eigenvalue weighted by Crippen LogP contribution is 2.20. The Morgan fingerprint density at radius 3 is 2.50 bits per heavy atom. The molecule has 0 spiro atoms. The molecule has 1 fully saturated rings. The Morgan fingerprint density at radius 2 is 1.94 bits per heavy atom. The van der Waals surface area contributed by atoms with Gasteiger partial charge in [0.25, 0.3) is 0 Å². The topological polar surface area (TPSA) is 87.7 Å². The zero-order valence-corrected chi connectivity index (χ0v) is 10.8. The number of hydrogen-bond acceptors (Lipinski definition) is 4. The van der Waals surface area contributed by atoms with Gasteiger partial charge in [0.15, 0.2) is 0 Å². The van der Waals surface area contributed by atoms with Gasteiger partial charge in [-0.1, -0.05) is 0 Å². The maximum absolute atomic E-state index is 11.4. The molecule has 0 aliphatic heterocycles. The van der Waals surface area contributed by atoms with E-state index in [1.54, 1.807) is 0 Å². The summed E-state index contributed by atoms with van der Waals surface area (Å²) in [5.74, 6) is -0.851. The predicted molar refractivity (Wildman–Crippen MR) is 66.5 cm³/mol. The van der Waals surface area contributed by atoms with E-state index in [9.17, 15) is 9.59 Å². The maximum Gasteiger partial charge on any atom is 0.407 e. The highest BCUT2D eigenvalue weighted by atomic mass is 16.6. The van der Waals surface area contributed by atoms with Crippen molar-refractivity contribution in [3.05, 3.63) is 0 Å². The third-order valence-electron chi connectivity index (χ3n) is 3.19. The summed E-state index contributed by atoms with van der Waals surface area (Å²) in [6.07, 6.45) is 3.86. The lowest BCUT2D eigenvalue weighted by Crippen LogP contribution is -2.36. The maximum atomic E-state index is 11.4. The van der Waals surface area contributed by atoms with Crippen molar-refractivity contribution in [3.8, 4) is 0 Å². The van der Waals surface area contributed by atoms with Crippen molar-refractivity contribution in [3.63, 3.8) is 0 Å². The number of alkyl carbamates (subject to hydrolysis) is 1. The summed E-state index contributed by atoms with van der Waals surface area (Å²) in [6.45, 7) is 0.344. The molecule has 1 rings (SSSR count). The summed E-state index contributed by atoms with van der Waals surface area (Å²) in [4.78, 5) is 21.7. The fourth-order valence-corrected chi connectivity index (χ4v) is 2.09. The first-order valence-corrected chi connectivity index (χ1v) is 6.45. The van der Waals surface area contributed by atoms with Crippen LogP contribution in [0.5, 0.6) is 0 Å². The van der Waals surface area contributed by atoms with Crippen LogP contribution >= 0.6 is 0 Å². The fourth-order valence-electron chi connectivity index (χ4n) is 2.09. The molecule has 104 valence electrons. The summed E-state index contributed by atoms with van der Waals surface area (Å²) in [7, 11) is 1.95. The largest absolute Gasteiger partial charge is 0.481 e. The van der Waals surface area contributed by atoms with E-state index < -0.39 is 12.1 Å². The van der Waals surface area contributed by atoms with Gasteiger partial charge in [0.2, 0.25) is 0 Å². The molecule has 1 amide bonds. The molecule has 0 unspecified atom stereocenters. The minimum atomic E-state index is -0.851. The molecular weight excluding hydrogens is 236 g/mol. The number of nitrogens with one attached hydrogen (secondary N) is 2. The number of carboxylic acids is 1. The molecule has 0 radical (unpaired) electrons. The summed E-state index contributed by atoms with van der Waals surface area (Å²) < 4.78 is 5.27. The molecule has 1 aliphatic carbocycles. The lowest BCUT2D eigenvalue weighted by atomic mass is 9.93. The number of ether oxygens (including phenoxy) is 1. The molecule has 6 nitrogen and oxygen atoms in total. The van der Waals surface area contributed by atoms with Gasteiger partial charge >= 0.3 is 12.1 Å². The van der Waals surface area contributed by atoms with Gasteiger partial charge in [0.05, 0.1) is 0 Å². The van der Waals surface area contributed by atoms with Crippen LogP contribution in [0, 0.1) is 0 Å². The van der Waals surface area contributed by atoms with Gasteiger partial charge in [-0.05, 0) is 39.2 Å². The second-order valence-electron chi connectivity index (χ2n) is 4.59. The van der Waals surface area contributed by atoms with Crippen LogP contribution < -0.4 is 10.6 Å². The monoisotopic (exact) mass is 258 g/mol. The van der Waals surface area contributed by atoms with E-state index in [0.29, 0.717) is 19.0 Å². The molecule has 0 aromatic rings. The Labute approximate surface area is 107 Å². The fraction of sp³-hybridized carbons (Fsp3) is 0.833. The van der Waals surface area contributed by atoms with Crippen LogP contribution in [0.1, 0.15) is 38.5 Å². The van der Waals surface area contributed by atoms with Crippen molar-refractivity contribution in [2.24, 2.45) is 0 Å². The van der Waals surface area contributed by atoms with Crippen molar-refractivity contribution >= 4 is 12.1 Å². The van der Waals surface area contributed by atoms with E-state index >= 15 is 0 Å². The van der Waals surface area contributed by atoms with Crippen LogP contribution in [0.15, 0.2) is 0 Å². The molecule has 18 heavy (non-hydrogen) atoms. The molecule has 3 N–H and O–H groups in total. The summed E-state index contributed by atoms with van der Waals surface area (Å²) in [5.41, 5.74) is 0. The summed E-state index contributed by atoms with van der Waals surface area (Å²) in [5, 5.41) is 14.2. The lowest BCUT2D eigenvalue weighted by Gasteiger charge is -2.27. The van der Waals surface area contributed by atoms with E-state index in [2.05, 4.69) is 10.6 Å². The highest BCUT2D eigenvalue weighted by molar-refractivity contribution is 5.68. The van der Waals surface area contributed by atoms with Gasteiger partial charge in [0.1, 0.15) is 6.10 Å². The van der Waals surface area contributed by atoms with Crippen LogP contribution in [0.3, 0.4) is 0 Å². The van der Waals surface area contributed by atoms with Crippen LogP contribution in [-0.2, 0) is 9.53 Å². The van der Waals surface area contributed by atoms with Crippen molar-refractivity contribution in [2.45, 2.75) is 50.7 Å². The lowest BCUT2D eigenvalue weighted by molar-refractivity contribution is -0.137. The molecule has 0 bridgehead atoms. The van der Waals surface area contributed by atoms with Gasteiger partial charge in [-0.3, -0.25) is 4.79 Å². The van der Waals surface area contributed by atoms with E-state index in [0.717, 1.165) is 25.7 Å². The number of amides is 1. The van der Waals surface area contributed by atoms with Crippen molar-refractivity contribution in [1.82, 2.24) is 10.6 Å².